The number of esters is 1. The van der Waals surface area contributed by atoms with Crippen molar-refractivity contribution >= 4 is 11.8 Å². The summed E-state index contributed by atoms with van der Waals surface area (Å²) in [6.07, 6.45) is 12.1. The zero-order chi connectivity index (χ0) is 17.1. The van der Waals surface area contributed by atoms with Gasteiger partial charge in [0.2, 0.25) is 0 Å². The molecule has 3 nitrogen and oxygen atoms in total. The molecule has 3 fully saturated rings. The fourth-order valence-corrected chi connectivity index (χ4v) is 6.83. The van der Waals surface area contributed by atoms with Gasteiger partial charge in [-0.05, 0) is 80.1 Å². The minimum absolute atomic E-state index is 0.124. The number of allylic oxidation sites excluding steroid dienone is 2. The number of rotatable bonds is 1. The second-order valence-corrected chi connectivity index (χ2v) is 9.26. The van der Waals surface area contributed by atoms with E-state index in [1.807, 2.05) is 6.08 Å². The summed E-state index contributed by atoms with van der Waals surface area (Å²) < 4.78 is 5.53. The molecule has 4 aliphatic rings. The van der Waals surface area contributed by atoms with Crippen LogP contribution >= 0.6 is 0 Å². The molecular weight excluding hydrogens is 300 g/mol. The van der Waals surface area contributed by atoms with Crippen LogP contribution in [0.5, 0.6) is 0 Å². The first-order valence-electron chi connectivity index (χ1n) is 9.74. The van der Waals surface area contributed by atoms with E-state index in [0.29, 0.717) is 29.0 Å². The van der Waals surface area contributed by atoms with Crippen molar-refractivity contribution in [2.75, 3.05) is 0 Å². The van der Waals surface area contributed by atoms with Crippen molar-refractivity contribution in [2.24, 2.45) is 34.5 Å². The van der Waals surface area contributed by atoms with E-state index >= 15 is 0 Å². The number of ketones is 1. The molecule has 0 aromatic heterocycles. The van der Waals surface area contributed by atoms with Gasteiger partial charge in [0.25, 0.3) is 0 Å². The normalized spacial score (nSPS) is 50.0. The average Bonchev–Trinajstić information content (AvgIpc) is 2.83. The lowest BCUT2D eigenvalue weighted by atomic mass is 9.45. The van der Waals surface area contributed by atoms with Crippen LogP contribution in [0.4, 0.5) is 0 Å². The lowest BCUT2D eigenvalue weighted by Gasteiger charge is -2.60. The average molecular weight is 330 g/mol. The van der Waals surface area contributed by atoms with Crippen LogP contribution in [0.3, 0.4) is 0 Å². The molecule has 132 valence electrons. The van der Waals surface area contributed by atoms with Crippen LogP contribution in [0.25, 0.3) is 0 Å². The number of carbonyl (C=O) groups is 2. The molecule has 0 aliphatic heterocycles. The SMILES string of the molecule is CC(=O)O[C@H]1CC[C@]2(C)C3CC[C@]4(C)C(=O)C=C[C@H]4C3CC[C@H]2C1. The highest BCUT2D eigenvalue weighted by atomic mass is 16.5. The van der Waals surface area contributed by atoms with E-state index in [4.69, 9.17) is 4.74 Å². The molecule has 3 heteroatoms. The Kier molecular flexibility index (Phi) is 3.71. The Hall–Kier alpha value is -1.12. The fraction of sp³-hybridized carbons (Fsp3) is 0.810. The van der Waals surface area contributed by atoms with Crippen molar-refractivity contribution in [3.63, 3.8) is 0 Å². The van der Waals surface area contributed by atoms with E-state index in [-0.39, 0.29) is 17.5 Å². The summed E-state index contributed by atoms with van der Waals surface area (Å²) in [5.74, 6) is 2.73. The van der Waals surface area contributed by atoms with Crippen LogP contribution in [-0.2, 0) is 14.3 Å². The quantitative estimate of drug-likeness (QED) is 0.673. The molecule has 0 bridgehead atoms. The molecule has 3 saturated carbocycles. The van der Waals surface area contributed by atoms with Gasteiger partial charge in [-0.2, -0.15) is 0 Å². The van der Waals surface area contributed by atoms with Crippen molar-refractivity contribution < 1.29 is 14.3 Å². The van der Waals surface area contributed by atoms with Crippen molar-refractivity contribution in [1.82, 2.24) is 0 Å². The first-order valence-corrected chi connectivity index (χ1v) is 9.74. The molecule has 0 saturated heterocycles. The second-order valence-electron chi connectivity index (χ2n) is 9.26. The van der Waals surface area contributed by atoms with Gasteiger partial charge < -0.3 is 4.74 Å². The van der Waals surface area contributed by atoms with Gasteiger partial charge in [-0.25, -0.2) is 0 Å². The Bertz CT molecular complexity index is 594. The summed E-state index contributed by atoms with van der Waals surface area (Å²) in [7, 11) is 0. The highest BCUT2D eigenvalue weighted by Gasteiger charge is 2.59. The Morgan fingerprint density at radius 1 is 1.17 bits per heavy atom. The summed E-state index contributed by atoms with van der Waals surface area (Å²) in [6, 6.07) is 0. The zero-order valence-corrected chi connectivity index (χ0v) is 15.2. The topological polar surface area (TPSA) is 43.4 Å². The van der Waals surface area contributed by atoms with Crippen LogP contribution in [0, 0.1) is 34.5 Å². The molecule has 7 atom stereocenters. The van der Waals surface area contributed by atoms with Crippen molar-refractivity contribution in [1.29, 1.82) is 0 Å². The molecule has 0 aromatic rings. The van der Waals surface area contributed by atoms with Gasteiger partial charge in [-0.15, -0.1) is 0 Å². The number of hydrogen-bond acceptors (Lipinski definition) is 3. The Labute approximate surface area is 145 Å². The first-order chi connectivity index (χ1) is 11.3. The molecule has 0 heterocycles. The monoisotopic (exact) mass is 330 g/mol. The van der Waals surface area contributed by atoms with Gasteiger partial charge in [0.1, 0.15) is 6.10 Å². The maximum atomic E-state index is 12.4. The number of carbonyl (C=O) groups excluding carboxylic acids is 2. The summed E-state index contributed by atoms with van der Waals surface area (Å²) >= 11 is 0. The molecule has 2 unspecified atom stereocenters. The summed E-state index contributed by atoms with van der Waals surface area (Å²) in [6.45, 7) is 6.21. The van der Waals surface area contributed by atoms with Crippen molar-refractivity contribution in [3.05, 3.63) is 12.2 Å². The van der Waals surface area contributed by atoms with Crippen LogP contribution in [0.15, 0.2) is 12.2 Å². The lowest BCUT2D eigenvalue weighted by molar-refractivity contribution is -0.159. The smallest absolute Gasteiger partial charge is 0.302 e. The maximum absolute atomic E-state index is 12.4. The van der Waals surface area contributed by atoms with Crippen LogP contribution in [-0.4, -0.2) is 17.9 Å². The standard InChI is InChI=1S/C21H30O3/c1-13(22)24-15-8-10-20(2)14(12-15)4-5-16-17-6-7-19(23)21(17,3)11-9-18(16)20/h6-7,14-18H,4-5,8-12H2,1-3H3/t14-,15-,16?,17-,18?,20-,21-/m0/s1. The van der Waals surface area contributed by atoms with Crippen LogP contribution < -0.4 is 0 Å². The third kappa shape index (κ3) is 2.23. The van der Waals surface area contributed by atoms with Crippen LogP contribution in [0.1, 0.15) is 65.7 Å². The van der Waals surface area contributed by atoms with Crippen molar-refractivity contribution in [3.8, 4) is 0 Å². The molecule has 24 heavy (non-hydrogen) atoms. The third-order valence-corrected chi connectivity index (χ3v) is 8.22. The first kappa shape index (κ1) is 16.4. The molecule has 0 amide bonds. The van der Waals surface area contributed by atoms with Gasteiger partial charge in [0.15, 0.2) is 5.78 Å². The lowest BCUT2D eigenvalue weighted by Crippen LogP contribution is -2.54. The number of fused-ring (bicyclic) bond motifs is 5. The molecular formula is C21H30O3. The predicted molar refractivity (Wildman–Crippen MR) is 92.2 cm³/mol. The third-order valence-electron chi connectivity index (χ3n) is 8.22. The fourth-order valence-electron chi connectivity index (χ4n) is 6.83. The number of hydrogen-bond donors (Lipinski definition) is 0. The molecule has 0 N–H and O–H groups in total. The Morgan fingerprint density at radius 2 is 1.96 bits per heavy atom. The summed E-state index contributed by atoms with van der Waals surface area (Å²) in [4.78, 5) is 23.7. The van der Waals surface area contributed by atoms with E-state index in [2.05, 4.69) is 19.9 Å². The van der Waals surface area contributed by atoms with Gasteiger partial charge in [0, 0.05) is 12.3 Å². The number of ether oxygens (including phenoxy) is 1. The van der Waals surface area contributed by atoms with E-state index in [1.54, 1.807) is 0 Å². The van der Waals surface area contributed by atoms with Crippen molar-refractivity contribution in [2.45, 2.75) is 71.8 Å². The molecule has 4 aliphatic carbocycles. The largest absolute Gasteiger partial charge is 0.463 e. The highest BCUT2D eigenvalue weighted by molar-refractivity contribution is 5.97. The van der Waals surface area contributed by atoms with E-state index in [9.17, 15) is 9.59 Å². The van der Waals surface area contributed by atoms with Gasteiger partial charge >= 0.3 is 5.97 Å². The second kappa shape index (κ2) is 5.44. The van der Waals surface area contributed by atoms with E-state index < -0.39 is 0 Å². The van der Waals surface area contributed by atoms with Gasteiger partial charge in [-0.3, -0.25) is 9.59 Å². The molecule has 0 spiro atoms. The van der Waals surface area contributed by atoms with Crippen LogP contribution in [0.2, 0.25) is 0 Å². The molecule has 0 radical (unpaired) electrons. The van der Waals surface area contributed by atoms with Gasteiger partial charge in [0.05, 0.1) is 0 Å². The molecule has 4 rings (SSSR count). The Morgan fingerprint density at radius 3 is 2.71 bits per heavy atom. The zero-order valence-electron chi connectivity index (χ0n) is 15.2. The highest BCUT2D eigenvalue weighted by Crippen LogP contribution is 2.64. The maximum Gasteiger partial charge on any atom is 0.302 e. The Balaban J connectivity index is 1.55. The predicted octanol–water partition coefficient (Wildman–Crippen LogP) is 4.31. The minimum atomic E-state index is -0.139. The summed E-state index contributed by atoms with van der Waals surface area (Å²) in [5.41, 5.74) is 0.236. The molecule has 0 aromatic carbocycles. The van der Waals surface area contributed by atoms with E-state index in [1.165, 1.54) is 26.2 Å². The van der Waals surface area contributed by atoms with E-state index in [0.717, 1.165) is 31.6 Å². The summed E-state index contributed by atoms with van der Waals surface area (Å²) in [5, 5.41) is 0. The van der Waals surface area contributed by atoms with Gasteiger partial charge in [-0.1, -0.05) is 19.9 Å². The minimum Gasteiger partial charge on any atom is -0.463 e.